The lowest BCUT2D eigenvalue weighted by Gasteiger charge is -2.17. The van der Waals surface area contributed by atoms with Crippen LogP contribution in [-0.4, -0.2) is 24.7 Å². The van der Waals surface area contributed by atoms with Gasteiger partial charge in [-0.3, -0.25) is 4.98 Å². The van der Waals surface area contributed by atoms with Gasteiger partial charge < -0.3 is 14.8 Å². The highest BCUT2D eigenvalue weighted by molar-refractivity contribution is 5.43. The van der Waals surface area contributed by atoms with E-state index in [9.17, 15) is 0 Å². The molecule has 1 atom stereocenters. The Bertz CT molecular complexity index is 702. The fourth-order valence-corrected chi connectivity index (χ4v) is 2.54. The third-order valence-corrected chi connectivity index (χ3v) is 3.92. The summed E-state index contributed by atoms with van der Waals surface area (Å²) in [4.78, 5) is 4.36. The lowest BCUT2D eigenvalue weighted by molar-refractivity contribution is 0.240. The van der Waals surface area contributed by atoms with Gasteiger partial charge in [0.1, 0.15) is 23.1 Å². The van der Waals surface area contributed by atoms with Gasteiger partial charge in [-0.1, -0.05) is 19.2 Å². The van der Waals surface area contributed by atoms with Crippen molar-refractivity contribution in [2.24, 2.45) is 0 Å². The Balaban J connectivity index is 2.65. The van der Waals surface area contributed by atoms with Crippen LogP contribution >= 0.6 is 0 Å². The molecule has 5 heteroatoms. The summed E-state index contributed by atoms with van der Waals surface area (Å²) in [5, 5.41) is 12.5. The van der Waals surface area contributed by atoms with E-state index >= 15 is 0 Å². The molecule has 0 bridgehead atoms. The Morgan fingerprint density at radius 2 is 2.12 bits per heavy atom. The third kappa shape index (κ3) is 6.05. The number of allylic oxidation sites excluding steroid dienone is 2. The van der Waals surface area contributed by atoms with Crippen molar-refractivity contribution in [3.63, 3.8) is 0 Å². The first kappa shape index (κ1) is 21.5. The summed E-state index contributed by atoms with van der Waals surface area (Å²) in [7, 11) is 0. The van der Waals surface area contributed by atoms with E-state index in [-0.39, 0.29) is 6.04 Å². The van der Waals surface area contributed by atoms with Gasteiger partial charge in [0, 0.05) is 23.9 Å². The van der Waals surface area contributed by atoms with Crippen LogP contribution in [0.3, 0.4) is 0 Å². The Morgan fingerprint density at radius 1 is 1.38 bits per heavy atom. The lowest BCUT2D eigenvalue weighted by Crippen LogP contribution is -2.21. The fraction of sp³-hybridized carbons (Fsp3) is 0.429. The average Bonchev–Trinajstić information content (AvgIpc) is 2.62. The fourth-order valence-electron chi connectivity index (χ4n) is 2.54. The summed E-state index contributed by atoms with van der Waals surface area (Å²) in [6, 6.07) is 3.95. The van der Waals surface area contributed by atoms with Crippen LogP contribution in [-0.2, 0) is 4.74 Å². The van der Waals surface area contributed by atoms with Crippen molar-refractivity contribution in [1.82, 2.24) is 10.3 Å². The maximum Gasteiger partial charge on any atom is 0.140 e. The molecule has 0 amide bonds. The molecule has 0 aliphatic carbocycles. The highest BCUT2D eigenvalue weighted by Gasteiger charge is 2.12. The van der Waals surface area contributed by atoms with E-state index in [1.165, 1.54) is 0 Å². The molecule has 0 fully saturated rings. The van der Waals surface area contributed by atoms with Crippen LogP contribution in [0.25, 0.3) is 0 Å². The lowest BCUT2D eigenvalue weighted by atomic mass is 10.0. The summed E-state index contributed by atoms with van der Waals surface area (Å²) < 4.78 is 11.0. The zero-order valence-electron chi connectivity index (χ0n) is 16.3. The molecule has 1 rings (SSSR count). The molecule has 0 aliphatic heterocycles. The Morgan fingerprint density at radius 3 is 2.69 bits per heavy atom. The molecule has 5 nitrogen and oxygen atoms in total. The SMILES string of the molecule is C=C(CCNC(C)c1cc(OCC)c(C#N)cn1)/C(=C\C)C(=C)OCC. The van der Waals surface area contributed by atoms with E-state index < -0.39 is 0 Å². The molecular formula is C21H29N3O2. The molecule has 0 radical (unpaired) electrons. The van der Waals surface area contributed by atoms with Crippen molar-refractivity contribution >= 4 is 0 Å². The van der Waals surface area contributed by atoms with Crippen molar-refractivity contribution in [2.45, 2.75) is 40.2 Å². The van der Waals surface area contributed by atoms with Gasteiger partial charge in [0.05, 0.1) is 18.9 Å². The van der Waals surface area contributed by atoms with Crippen LogP contribution in [0.2, 0.25) is 0 Å². The summed E-state index contributed by atoms with van der Waals surface area (Å²) in [5.41, 5.74) is 3.22. The maximum absolute atomic E-state index is 9.12. The van der Waals surface area contributed by atoms with E-state index in [0.717, 1.165) is 29.8 Å². The number of hydrogen-bond donors (Lipinski definition) is 1. The topological polar surface area (TPSA) is 67.2 Å². The van der Waals surface area contributed by atoms with Crippen LogP contribution < -0.4 is 10.1 Å². The minimum Gasteiger partial charge on any atom is -0.494 e. The third-order valence-electron chi connectivity index (χ3n) is 3.92. The summed E-state index contributed by atoms with van der Waals surface area (Å²) in [5.74, 6) is 1.23. The van der Waals surface area contributed by atoms with Gasteiger partial charge in [-0.2, -0.15) is 5.26 Å². The smallest absolute Gasteiger partial charge is 0.140 e. The number of nitriles is 1. The van der Waals surface area contributed by atoms with Gasteiger partial charge in [-0.15, -0.1) is 0 Å². The molecule has 26 heavy (non-hydrogen) atoms. The summed E-state index contributed by atoms with van der Waals surface area (Å²) in [6.07, 6.45) is 4.30. The standard InChI is InChI=1S/C21H29N3O2/c1-7-19(17(6)25-8-2)15(4)10-11-23-16(5)20-12-21(26-9-3)18(13-22)14-24-20/h7,12,14,16,23H,4,6,8-11H2,1-3,5H3/b19-7+. The van der Waals surface area contributed by atoms with Crippen molar-refractivity contribution in [3.05, 3.63) is 59.7 Å². The Kier molecular flexibility index (Phi) is 9.18. The molecule has 1 aromatic heterocycles. The maximum atomic E-state index is 9.12. The van der Waals surface area contributed by atoms with Gasteiger partial charge in [0.25, 0.3) is 0 Å². The first-order chi connectivity index (χ1) is 12.5. The zero-order valence-corrected chi connectivity index (χ0v) is 16.3. The largest absolute Gasteiger partial charge is 0.494 e. The number of pyridine rings is 1. The van der Waals surface area contributed by atoms with Crippen LogP contribution in [0.5, 0.6) is 5.75 Å². The molecule has 1 heterocycles. The number of nitrogens with zero attached hydrogens (tertiary/aromatic N) is 2. The second-order valence-corrected chi connectivity index (χ2v) is 5.74. The van der Waals surface area contributed by atoms with Crippen LogP contribution in [0.1, 0.15) is 51.4 Å². The molecule has 0 aromatic carbocycles. The number of ether oxygens (including phenoxy) is 2. The van der Waals surface area contributed by atoms with Crippen LogP contribution in [0, 0.1) is 11.3 Å². The van der Waals surface area contributed by atoms with Gasteiger partial charge in [0.15, 0.2) is 0 Å². The van der Waals surface area contributed by atoms with Crippen LogP contribution in [0.4, 0.5) is 0 Å². The molecule has 1 aromatic rings. The van der Waals surface area contributed by atoms with E-state index in [1.54, 1.807) is 6.20 Å². The number of aromatic nitrogens is 1. The van der Waals surface area contributed by atoms with E-state index in [1.807, 2.05) is 39.8 Å². The minimum atomic E-state index is 0.0268. The molecule has 0 aliphatic rings. The first-order valence-corrected chi connectivity index (χ1v) is 8.91. The number of rotatable bonds is 11. The quantitative estimate of drug-likeness (QED) is 0.469. The van der Waals surface area contributed by atoms with Crippen molar-refractivity contribution in [3.8, 4) is 11.8 Å². The number of nitrogens with one attached hydrogen (secondary N) is 1. The molecular weight excluding hydrogens is 326 g/mol. The second kappa shape index (κ2) is 11.1. The van der Waals surface area contributed by atoms with Crippen molar-refractivity contribution in [2.75, 3.05) is 19.8 Å². The summed E-state index contributed by atoms with van der Waals surface area (Å²) in [6.45, 7) is 17.7. The van der Waals surface area contributed by atoms with Crippen molar-refractivity contribution in [1.29, 1.82) is 5.26 Å². The first-order valence-electron chi connectivity index (χ1n) is 8.91. The van der Waals surface area contributed by atoms with Gasteiger partial charge >= 0.3 is 0 Å². The van der Waals surface area contributed by atoms with Gasteiger partial charge in [-0.05, 0) is 46.2 Å². The van der Waals surface area contributed by atoms with E-state index in [0.29, 0.717) is 30.3 Å². The number of hydrogen-bond acceptors (Lipinski definition) is 5. The molecule has 140 valence electrons. The average molecular weight is 355 g/mol. The molecule has 0 saturated heterocycles. The van der Waals surface area contributed by atoms with E-state index in [2.05, 4.69) is 29.5 Å². The molecule has 0 saturated carbocycles. The highest BCUT2D eigenvalue weighted by atomic mass is 16.5. The monoisotopic (exact) mass is 355 g/mol. The normalized spacial score (nSPS) is 12.2. The Labute approximate surface area is 157 Å². The van der Waals surface area contributed by atoms with Crippen LogP contribution in [0.15, 0.2) is 48.4 Å². The molecule has 1 N–H and O–H groups in total. The van der Waals surface area contributed by atoms with Crippen molar-refractivity contribution < 1.29 is 9.47 Å². The predicted molar refractivity (Wildman–Crippen MR) is 105 cm³/mol. The van der Waals surface area contributed by atoms with Gasteiger partial charge in [-0.25, -0.2) is 0 Å². The van der Waals surface area contributed by atoms with Gasteiger partial charge in [0.2, 0.25) is 0 Å². The molecule has 1 unspecified atom stereocenters. The zero-order chi connectivity index (χ0) is 19.5. The minimum absolute atomic E-state index is 0.0268. The highest BCUT2D eigenvalue weighted by Crippen LogP contribution is 2.23. The molecule has 0 spiro atoms. The summed E-state index contributed by atoms with van der Waals surface area (Å²) >= 11 is 0. The van der Waals surface area contributed by atoms with E-state index in [4.69, 9.17) is 14.7 Å². The second-order valence-electron chi connectivity index (χ2n) is 5.74. The predicted octanol–water partition coefficient (Wildman–Crippen LogP) is 4.45. The Hall–Kier alpha value is -2.58.